The van der Waals surface area contributed by atoms with Crippen LogP contribution in [0, 0.1) is 5.92 Å². The fourth-order valence-corrected chi connectivity index (χ4v) is 3.12. The second-order valence-electron chi connectivity index (χ2n) is 7.29. The first kappa shape index (κ1) is 22.6. The van der Waals surface area contributed by atoms with Gasteiger partial charge in [-0.3, -0.25) is 4.68 Å². The maximum atomic E-state index is 10.6. The van der Waals surface area contributed by atoms with E-state index in [2.05, 4.69) is 30.0 Å². The molecule has 0 spiro atoms. The summed E-state index contributed by atoms with van der Waals surface area (Å²) in [7, 11) is 0. The molecule has 1 aromatic rings. The highest BCUT2D eigenvalue weighted by molar-refractivity contribution is 5.73. The van der Waals surface area contributed by atoms with Crippen molar-refractivity contribution >= 4 is 5.97 Å². The summed E-state index contributed by atoms with van der Waals surface area (Å²) in [5.74, 6) is -2.05. The Balaban J connectivity index is 0.000000345. The molecule has 1 fully saturated rings. The normalized spacial score (nSPS) is 20.4. The van der Waals surface area contributed by atoms with Crippen molar-refractivity contribution < 1.29 is 32.5 Å². The fraction of sp³-hybridized carbons (Fsp3) is 0.778. The number of aliphatic carboxylic acids is 1. The molecule has 0 bridgehead atoms. The van der Waals surface area contributed by atoms with Crippen molar-refractivity contribution in [2.24, 2.45) is 5.92 Å². The summed E-state index contributed by atoms with van der Waals surface area (Å²) in [5.41, 5.74) is 2.50. The van der Waals surface area contributed by atoms with Gasteiger partial charge in [-0.05, 0) is 30.7 Å². The fourth-order valence-electron chi connectivity index (χ4n) is 3.12. The highest BCUT2D eigenvalue weighted by atomic mass is 19.4. The van der Waals surface area contributed by atoms with Gasteiger partial charge in [0.05, 0.1) is 12.3 Å². The van der Waals surface area contributed by atoms with E-state index in [9.17, 15) is 13.2 Å². The lowest BCUT2D eigenvalue weighted by Gasteiger charge is -2.23. The van der Waals surface area contributed by atoms with E-state index in [1.807, 2.05) is 0 Å². The van der Waals surface area contributed by atoms with Crippen molar-refractivity contribution in [3.05, 3.63) is 17.5 Å². The zero-order valence-electron chi connectivity index (χ0n) is 16.2. The third kappa shape index (κ3) is 7.06. The van der Waals surface area contributed by atoms with Gasteiger partial charge in [0.1, 0.15) is 6.10 Å². The van der Waals surface area contributed by atoms with Crippen LogP contribution in [0.15, 0.2) is 6.20 Å². The number of nitrogens with one attached hydrogen (secondary N) is 1. The van der Waals surface area contributed by atoms with Crippen LogP contribution in [0.4, 0.5) is 13.2 Å². The highest BCUT2D eigenvalue weighted by Gasteiger charge is 2.38. The summed E-state index contributed by atoms with van der Waals surface area (Å²) >= 11 is 0. The van der Waals surface area contributed by atoms with E-state index in [1.165, 1.54) is 5.56 Å². The molecule has 1 saturated heterocycles. The number of aromatic nitrogens is 2. The topological polar surface area (TPSA) is 85.6 Å². The van der Waals surface area contributed by atoms with E-state index < -0.39 is 12.1 Å². The molecule has 0 aromatic carbocycles. The quantitative estimate of drug-likeness (QED) is 0.780. The Bertz CT molecular complexity index is 628. The number of fused-ring (bicyclic) bond motifs is 1. The Morgan fingerprint density at radius 1 is 1.36 bits per heavy atom. The monoisotopic (exact) mass is 407 g/mol. The second-order valence-corrected chi connectivity index (χ2v) is 7.29. The molecular weight excluding hydrogens is 379 g/mol. The summed E-state index contributed by atoms with van der Waals surface area (Å²) in [4.78, 5) is 8.90. The molecule has 0 saturated carbocycles. The molecular formula is C18H28F3N3O4. The number of carbonyl (C=O) groups is 1. The van der Waals surface area contributed by atoms with Gasteiger partial charge in [0.25, 0.3) is 0 Å². The first-order valence-electron chi connectivity index (χ1n) is 9.46. The molecule has 160 valence electrons. The minimum Gasteiger partial charge on any atom is -0.475 e. The SMILES string of the molecule is CC(C)NCC1OCCc2cn(CC3CCOCC3)nc21.O=C(O)C(F)(F)F. The molecule has 0 radical (unpaired) electrons. The summed E-state index contributed by atoms with van der Waals surface area (Å²) in [6.45, 7) is 8.78. The van der Waals surface area contributed by atoms with Crippen LogP contribution in [-0.4, -0.2) is 59.4 Å². The van der Waals surface area contributed by atoms with Crippen molar-refractivity contribution in [1.29, 1.82) is 0 Å². The van der Waals surface area contributed by atoms with Crippen LogP contribution in [-0.2, 0) is 27.2 Å². The van der Waals surface area contributed by atoms with Gasteiger partial charge in [0.2, 0.25) is 0 Å². The predicted molar refractivity (Wildman–Crippen MR) is 95.0 cm³/mol. The third-order valence-corrected chi connectivity index (χ3v) is 4.61. The molecule has 1 aromatic heterocycles. The Labute approximate surface area is 162 Å². The smallest absolute Gasteiger partial charge is 0.475 e. The van der Waals surface area contributed by atoms with Gasteiger partial charge in [-0.25, -0.2) is 4.79 Å². The minimum absolute atomic E-state index is 0.104. The van der Waals surface area contributed by atoms with Crippen LogP contribution in [0.5, 0.6) is 0 Å². The Morgan fingerprint density at radius 2 is 2.00 bits per heavy atom. The number of ether oxygens (including phenoxy) is 2. The summed E-state index contributed by atoms with van der Waals surface area (Å²) in [6, 6.07) is 0.475. The summed E-state index contributed by atoms with van der Waals surface area (Å²) in [6.07, 6.45) is 0.544. The average molecular weight is 407 g/mol. The Kier molecular flexibility index (Phi) is 8.26. The maximum Gasteiger partial charge on any atom is 0.490 e. The van der Waals surface area contributed by atoms with Gasteiger partial charge in [-0.1, -0.05) is 13.8 Å². The van der Waals surface area contributed by atoms with Crippen LogP contribution in [0.1, 0.15) is 44.1 Å². The molecule has 1 atom stereocenters. The van der Waals surface area contributed by atoms with Crippen molar-refractivity contribution in [1.82, 2.24) is 15.1 Å². The summed E-state index contributed by atoms with van der Waals surface area (Å²) < 4.78 is 45.2. The average Bonchev–Trinajstić information content (AvgIpc) is 3.03. The zero-order chi connectivity index (χ0) is 20.7. The number of hydrogen-bond acceptors (Lipinski definition) is 5. The molecule has 7 nitrogen and oxygen atoms in total. The van der Waals surface area contributed by atoms with E-state index in [1.54, 1.807) is 0 Å². The zero-order valence-corrected chi connectivity index (χ0v) is 16.2. The lowest BCUT2D eigenvalue weighted by atomic mass is 10.0. The van der Waals surface area contributed by atoms with Gasteiger partial charge in [0, 0.05) is 38.5 Å². The van der Waals surface area contributed by atoms with E-state index in [0.717, 1.165) is 57.9 Å². The molecule has 0 amide bonds. The molecule has 28 heavy (non-hydrogen) atoms. The lowest BCUT2D eigenvalue weighted by Crippen LogP contribution is -2.31. The number of alkyl halides is 3. The number of nitrogens with zero attached hydrogens (tertiary/aromatic N) is 2. The molecule has 2 aliphatic heterocycles. The molecule has 2 aliphatic rings. The highest BCUT2D eigenvalue weighted by Crippen LogP contribution is 2.26. The van der Waals surface area contributed by atoms with Gasteiger partial charge >= 0.3 is 12.1 Å². The van der Waals surface area contributed by atoms with E-state index in [-0.39, 0.29) is 6.10 Å². The molecule has 3 rings (SSSR count). The Morgan fingerprint density at radius 3 is 2.57 bits per heavy atom. The van der Waals surface area contributed by atoms with Crippen molar-refractivity contribution in [2.45, 2.75) is 58.0 Å². The predicted octanol–water partition coefficient (Wildman–Crippen LogP) is 2.55. The van der Waals surface area contributed by atoms with Gasteiger partial charge < -0.3 is 19.9 Å². The largest absolute Gasteiger partial charge is 0.490 e. The standard InChI is InChI=1S/C16H27N3O2.C2HF3O2/c1-12(2)17-9-15-16-14(5-8-21-15)11-19(18-16)10-13-3-6-20-7-4-13;3-2(4,5)1(6)7/h11-13,15,17H,3-10H2,1-2H3;(H,6,7). The second kappa shape index (κ2) is 10.2. The molecule has 1 unspecified atom stereocenters. The molecule has 10 heteroatoms. The number of halogens is 3. The van der Waals surface area contributed by atoms with Crippen LogP contribution < -0.4 is 5.32 Å². The first-order chi connectivity index (χ1) is 13.2. The lowest BCUT2D eigenvalue weighted by molar-refractivity contribution is -0.192. The van der Waals surface area contributed by atoms with E-state index in [4.69, 9.17) is 24.5 Å². The number of carboxylic acids is 1. The van der Waals surface area contributed by atoms with E-state index >= 15 is 0 Å². The van der Waals surface area contributed by atoms with Gasteiger partial charge in [0.15, 0.2) is 0 Å². The number of carboxylic acid groups (broad SMARTS) is 1. The van der Waals surface area contributed by atoms with Crippen LogP contribution in [0.2, 0.25) is 0 Å². The van der Waals surface area contributed by atoms with Crippen LogP contribution in [0.25, 0.3) is 0 Å². The van der Waals surface area contributed by atoms with Crippen molar-refractivity contribution in [2.75, 3.05) is 26.4 Å². The molecule has 2 N–H and O–H groups in total. The van der Waals surface area contributed by atoms with Gasteiger partial charge in [-0.2, -0.15) is 18.3 Å². The molecule has 0 aliphatic carbocycles. The molecule has 3 heterocycles. The summed E-state index contributed by atoms with van der Waals surface area (Å²) in [5, 5.41) is 15.4. The van der Waals surface area contributed by atoms with E-state index in [0.29, 0.717) is 12.0 Å². The first-order valence-corrected chi connectivity index (χ1v) is 9.46. The van der Waals surface area contributed by atoms with Gasteiger partial charge in [-0.15, -0.1) is 0 Å². The number of hydrogen-bond donors (Lipinski definition) is 2. The minimum atomic E-state index is -5.08. The van der Waals surface area contributed by atoms with Crippen molar-refractivity contribution in [3.63, 3.8) is 0 Å². The maximum absolute atomic E-state index is 10.6. The third-order valence-electron chi connectivity index (χ3n) is 4.61. The van der Waals surface area contributed by atoms with Crippen LogP contribution in [0.3, 0.4) is 0 Å². The number of rotatable bonds is 5. The van der Waals surface area contributed by atoms with Crippen LogP contribution >= 0.6 is 0 Å². The van der Waals surface area contributed by atoms with Crippen molar-refractivity contribution in [3.8, 4) is 0 Å². The Hall–Kier alpha value is -1.65.